The summed E-state index contributed by atoms with van der Waals surface area (Å²) in [6.45, 7) is 0.904. The van der Waals surface area contributed by atoms with E-state index in [9.17, 15) is 0 Å². The van der Waals surface area contributed by atoms with Crippen LogP contribution in [0.3, 0.4) is 0 Å². The van der Waals surface area contributed by atoms with Crippen LogP contribution in [0.2, 0.25) is 0 Å². The van der Waals surface area contributed by atoms with Crippen LogP contribution in [-0.2, 0) is 0 Å². The molecule has 0 bridgehead atoms. The fourth-order valence-corrected chi connectivity index (χ4v) is 2.83. The van der Waals surface area contributed by atoms with Gasteiger partial charge in [0.1, 0.15) is 12.1 Å². The number of nitrogens with one attached hydrogen (secondary N) is 1. The Labute approximate surface area is 119 Å². The molecule has 0 radical (unpaired) electrons. The van der Waals surface area contributed by atoms with E-state index in [2.05, 4.69) is 34.3 Å². The summed E-state index contributed by atoms with van der Waals surface area (Å²) in [5.74, 6) is 0.871. The van der Waals surface area contributed by atoms with Crippen LogP contribution in [0, 0.1) is 0 Å². The summed E-state index contributed by atoms with van der Waals surface area (Å²) >= 11 is 0. The molecule has 106 valence electrons. The topological polar surface area (TPSA) is 67.1 Å². The lowest BCUT2D eigenvalue weighted by molar-refractivity contribution is 0.0738. The first-order valence-corrected chi connectivity index (χ1v) is 7.02. The van der Waals surface area contributed by atoms with Crippen LogP contribution in [0.1, 0.15) is 19.3 Å². The Morgan fingerprint density at radius 3 is 2.75 bits per heavy atom. The van der Waals surface area contributed by atoms with Gasteiger partial charge >= 0.3 is 0 Å². The van der Waals surface area contributed by atoms with Gasteiger partial charge in [0.15, 0.2) is 0 Å². The Morgan fingerprint density at radius 1 is 1.30 bits per heavy atom. The first kappa shape index (κ1) is 13.1. The number of rotatable bonds is 4. The molecule has 3 rings (SSSR count). The standard InChI is InChI=1S/C15H21N5/c1-20(2)15(6-3-7-15)9-17-14-12-8-11(16)4-5-13(12)18-10-19-14/h4-5,8,10H,3,6-7,9,16H2,1-2H3,(H,17,18,19). The summed E-state index contributed by atoms with van der Waals surface area (Å²) in [6.07, 6.45) is 5.37. The number of nitrogen functional groups attached to an aromatic ring is 1. The molecule has 1 saturated carbocycles. The third-order valence-electron chi connectivity index (χ3n) is 4.48. The monoisotopic (exact) mass is 271 g/mol. The van der Waals surface area contributed by atoms with Crippen molar-refractivity contribution >= 4 is 22.4 Å². The van der Waals surface area contributed by atoms with Gasteiger partial charge in [0.25, 0.3) is 0 Å². The molecular formula is C15H21N5. The van der Waals surface area contributed by atoms with Crippen molar-refractivity contribution in [1.82, 2.24) is 14.9 Å². The Bertz CT molecular complexity index is 619. The molecule has 1 aromatic heterocycles. The molecule has 0 unspecified atom stereocenters. The average Bonchev–Trinajstić information content (AvgIpc) is 2.37. The molecule has 2 aromatic rings. The van der Waals surface area contributed by atoms with Crippen LogP contribution in [-0.4, -0.2) is 41.0 Å². The first-order valence-electron chi connectivity index (χ1n) is 7.02. The van der Waals surface area contributed by atoms with Crippen molar-refractivity contribution < 1.29 is 0 Å². The zero-order chi connectivity index (χ0) is 14.2. The van der Waals surface area contributed by atoms with E-state index in [0.29, 0.717) is 0 Å². The summed E-state index contributed by atoms with van der Waals surface area (Å²) in [7, 11) is 4.30. The third kappa shape index (κ3) is 2.18. The number of hydrogen-bond donors (Lipinski definition) is 2. The zero-order valence-electron chi connectivity index (χ0n) is 12.1. The molecule has 0 amide bonds. The van der Waals surface area contributed by atoms with Crippen molar-refractivity contribution in [2.24, 2.45) is 0 Å². The van der Waals surface area contributed by atoms with Crippen molar-refractivity contribution in [3.05, 3.63) is 24.5 Å². The van der Waals surface area contributed by atoms with Gasteiger partial charge < -0.3 is 16.0 Å². The summed E-state index contributed by atoms with van der Waals surface area (Å²) in [5, 5.41) is 4.48. The highest BCUT2D eigenvalue weighted by Crippen LogP contribution is 2.36. The smallest absolute Gasteiger partial charge is 0.137 e. The molecule has 5 nitrogen and oxygen atoms in total. The molecule has 1 aliphatic carbocycles. The van der Waals surface area contributed by atoms with E-state index in [1.807, 2.05) is 18.2 Å². The van der Waals surface area contributed by atoms with E-state index in [4.69, 9.17) is 5.73 Å². The quantitative estimate of drug-likeness (QED) is 0.834. The molecule has 20 heavy (non-hydrogen) atoms. The van der Waals surface area contributed by atoms with Crippen LogP contribution < -0.4 is 11.1 Å². The minimum Gasteiger partial charge on any atom is -0.399 e. The molecule has 0 aliphatic heterocycles. The highest BCUT2D eigenvalue weighted by molar-refractivity contribution is 5.91. The van der Waals surface area contributed by atoms with E-state index in [1.54, 1.807) is 6.33 Å². The number of nitrogens with zero attached hydrogens (tertiary/aromatic N) is 3. The summed E-state index contributed by atoms with van der Waals surface area (Å²) in [6, 6.07) is 5.73. The molecule has 1 fully saturated rings. The maximum absolute atomic E-state index is 5.87. The Balaban J connectivity index is 1.86. The lowest BCUT2D eigenvalue weighted by atomic mass is 9.75. The molecular weight excluding hydrogens is 250 g/mol. The fourth-order valence-electron chi connectivity index (χ4n) is 2.83. The SMILES string of the molecule is CN(C)C1(CNc2ncnc3ccc(N)cc23)CCC1. The molecule has 0 saturated heterocycles. The number of fused-ring (bicyclic) bond motifs is 1. The molecule has 1 aliphatic rings. The van der Waals surface area contributed by atoms with E-state index in [-0.39, 0.29) is 5.54 Å². The largest absolute Gasteiger partial charge is 0.399 e. The number of nitrogens with two attached hydrogens (primary N) is 1. The maximum atomic E-state index is 5.87. The predicted octanol–water partition coefficient (Wildman–Crippen LogP) is 2.11. The van der Waals surface area contributed by atoms with Gasteiger partial charge in [-0.3, -0.25) is 0 Å². The van der Waals surface area contributed by atoms with Crippen molar-refractivity contribution in [1.29, 1.82) is 0 Å². The van der Waals surface area contributed by atoms with Gasteiger partial charge in [-0.25, -0.2) is 9.97 Å². The van der Waals surface area contributed by atoms with Gasteiger partial charge in [0.05, 0.1) is 5.52 Å². The van der Waals surface area contributed by atoms with Crippen LogP contribution in [0.25, 0.3) is 10.9 Å². The van der Waals surface area contributed by atoms with Gasteiger partial charge in [0.2, 0.25) is 0 Å². The van der Waals surface area contributed by atoms with E-state index in [0.717, 1.165) is 29.0 Å². The van der Waals surface area contributed by atoms with Crippen molar-refractivity contribution in [2.45, 2.75) is 24.8 Å². The average molecular weight is 271 g/mol. The van der Waals surface area contributed by atoms with Crippen LogP contribution in [0.4, 0.5) is 11.5 Å². The maximum Gasteiger partial charge on any atom is 0.137 e. The van der Waals surface area contributed by atoms with E-state index < -0.39 is 0 Å². The number of likely N-dealkylation sites (N-methyl/N-ethyl adjacent to an activating group) is 1. The highest BCUT2D eigenvalue weighted by Gasteiger charge is 2.38. The molecule has 1 heterocycles. The Hall–Kier alpha value is -1.88. The van der Waals surface area contributed by atoms with Gasteiger partial charge in [0, 0.05) is 23.2 Å². The predicted molar refractivity (Wildman–Crippen MR) is 82.7 cm³/mol. The van der Waals surface area contributed by atoms with Crippen LogP contribution >= 0.6 is 0 Å². The van der Waals surface area contributed by atoms with Crippen molar-refractivity contribution in [3.63, 3.8) is 0 Å². The van der Waals surface area contributed by atoms with Gasteiger partial charge in [-0.1, -0.05) is 0 Å². The number of hydrogen-bond acceptors (Lipinski definition) is 5. The molecule has 0 spiro atoms. The highest BCUT2D eigenvalue weighted by atomic mass is 15.2. The summed E-state index contributed by atoms with van der Waals surface area (Å²) < 4.78 is 0. The van der Waals surface area contributed by atoms with E-state index in [1.165, 1.54) is 19.3 Å². The number of aromatic nitrogens is 2. The third-order valence-corrected chi connectivity index (χ3v) is 4.48. The molecule has 5 heteroatoms. The van der Waals surface area contributed by atoms with Gasteiger partial charge in [-0.2, -0.15) is 0 Å². The Kier molecular flexibility index (Phi) is 3.22. The molecule has 0 atom stereocenters. The number of benzene rings is 1. The Morgan fingerprint density at radius 2 is 2.10 bits per heavy atom. The summed E-state index contributed by atoms with van der Waals surface area (Å²) in [4.78, 5) is 11.0. The number of anilines is 2. The van der Waals surface area contributed by atoms with Crippen molar-refractivity contribution in [2.75, 3.05) is 31.7 Å². The van der Waals surface area contributed by atoms with Crippen molar-refractivity contribution in [3.8, 4) is 0 Å². The molecule has 1 aromatic carbocycles. The summed E-state index contributed by atoms with van der Waals surface area (Å²) in [5.41, 5.74) is 7.79. The minimum atomic E-state index is 0.262. The van der Waals surface area contributed by atoms with Crippen LogP contribution in [0.5, 0.6) is 0 Å². The zero-order valence-corrected chi connectivity index (χ0v) is 12.1. The normalized spacial score (nSPS) is 17.1. The van der Waals surface area contributed by atoms with Gasteiger partial charge in [-0.15, -0.1) is 0 Å². The minimum absolute atomic E-state index is 0.262. The molecule has 3 N–H and O–H groups in total. The lowest BCUT2D eigenvalue weighted by Gasteiger charge is -2.47. The van der Waals surface area contributed by atoms with Gasteiger partial charge in [-0.05, 0) is 51.6 Å². The lowest BCUT2D eigenvalue weighted by Crippen LogP contribution is -2.54. The second-order valence-electron chi connectivity index (χ2n) is 5.82. The second-order valence-corrected chi connectivity index (χ2v) is 5.82. The van der Waals surface area contributed by atoms with Crippen LogP contribution in [0.15, 0.2) is 24.5 Å². The second kappa shape index (κ2) is 4.90. The fraction of sp³-hybridized carbons (Fsp3) is 0.467. The first-order chi connectivity index (χ1) is 9.61. The van der Waals surface area contributed by atoms with E-state index >= 15 is 0 Å².